The maximum Gasteiger partial charge on any atom is 0.197 e. The van der Waals surface area contributed by atoms with Crippen LogP contribution in [0.4, 0.5) is 0 Å². The molecular weight excluding hydrogens is 144 g/mol. The molecule has 0 fully saturated rings. The van der Waals surface area contributed by atoms with Crippen molar-refractivity contribution in [3.63, 3.8) is 0 Å². The average molecular weight is 158 g/mol. The predicted octanol–water partition coefficient (Wildman–Crippen LogP) is 1.16. The average Bonchev–Trinajstić information content (AvgIpc) is 2.04. The number of rotatable bonds is 5. The molecule has 0 aromatic rings. The third kappa shape index (κ3) is 2.85. The number of ether oxygens (including phenoxy) is 2. The van der Waals surface area contributed by atoms with E-state index in [-0.39, 0.29) is 0 Å². The normalized spacial score (nSPS) is 10.8. The van der Waals surface area contributed by atoms with Crippen LogP contribution in [0.1, 0.15) is 19.8 Å². The lowest BCUT2D eigenvalue weighted by molar-refractivity contribution is -0.173. The molecule has 0 spiro atoms. The van der Waals surface area contributed by atoms with Gasteiger partial charge in [-0.2, -0.15) is 0 Å². The fraction of sp³-hybridized carbons (Fsp3) is 0.750. The molecule has 0 aliphatic rings. The summed E-state index contributed by atoms with van der Waals surface area (Å²) in [6, 6.07) is 0. The Morgan fingerprint density at radius 1 is 1.45 bits per heavy atom. The molecule has 0 N–H and O–H groups in total. The topological polar surface area (TPSA) is 35.5 Å². The monoisotopic (exact) mass is 158 g/mol. The standard InChI is InChI=1S/C8H14O3/c1-4-5-8(10-2,11-3)6-7-9/h6H,4-5H2,1-3H3. The molecule has 0 bridgehead atoms. The molecule has 0 aliphatic heterocycles. The number of hydrogen-bond donors (Lipinski definition) is 0. The van der Waals surface area contributed by atoms with Crippen molar-refractivity contribution in [3.05, 3.63) is 6.08 Å². The Kier molecular flexibility index (Phi) is 4.79. The van der Waals surface area contributed by atoms with Gasteiger partial charge in [0.15, 0.2) is 5.79 Å². The van der Waals surface area contributed by atoms with Crippen molar-refractivity contribution in [2.24, 2.45) is 0 Å². The van der Waals surface area contributed by atoms with Crippen LogP contribution in [0.25, 0.3) is 0 Å². The Bertz CT molecular complexity index is 143. The zero-order chi connectivity index (χ0) is 8.74. The highest BCUT2D eigenvalue weighted by atomic mass is 16.7. The van der Waals surface area contributed by atoms with Gasteiger partial charge in [-0.25, -0.2) is 4.79 Å². The van der Waals surface area contributed by atoms with Crippen LogP contribution in [0.2, 0.25) is 0 Å². The second-order valence-corrected chi connectivity index (χ2v) is 2.23. The molecule has 0 aromatic carbocycles. The third-order valence-corrected chi connectivity index (χ3v) is 1.57. The van der Waals surface area contributed by atoms with Gasteiger partial charge in [-0.3, -0.25) is 0 Å². The molecule has 0 saturated carbocycles. The van der Waals surface area contributed by atoms with Crippen LogP contribution in [0.3, 0.4) is 0 Å². The number of carbonyl (C=O) groups excluding carboxylic acids is 1. The first-order chi connectivity index (χ1) is 5.24. The molecule has 0 heterocycles. The quantitative estimate of drug-likeness (QED) is 0.445. The van der Waals surface area contributed by atoms with Crippen molar-refractivity contribution >= 4 is 5.94 Å². The molecule has 0 saturated heterocycles. The van der Waals surface area contributed by atoms with E-state index in [1.807, 2.05) is 6.92 Å². The van der Waals surface area contributed by atoms with Gasteiger partial charge in [-0.15, -0.1) is 0 Å². The fourth-order valence-electron chi connectivity index (χ4n) is 0.916. The molecule has 0 rings (SSSR count). The molecule has 0 unspecified atom stereocenters. The van der Waals surface area contributed by atoms with Gasteiger partial charge in [0.2, 0.25) is 0 Å². The predicted molar refractivity (Wildman–Crippen MR) is 41.9 cm³/mol. The lowest BCUT2D eigenvalue weighted by atomic mass is 10.1. The van der Waals surface area contributed by atoms with E-state index in [1.165, 1.54) is 20.3 Å². The minimum Gasteiger partial charge on any atom is -0.349 e. The molecule has 11 heavy (non-hydrogen) atoms. The highest BCUT2D eigenvalue weighted by Gasteiger charge is 2.25. The van der Waals surface area contributed by atoms with Gasteiger partial charge in [0.25, 0.3) is 0 Å². The van der Waals surface area contributed by atoms with E-state index >= 15 is 0 Å². The highest BCUT2D eigenvalue weighted by Crippen LogP contribution is 2.18. The van der Waals surface area contributed by atoms with Gasteiger partial charge in [-0.1, -0.05) is 13.3 Å². The van der Waals surface area contributed by atoms with E-state index in [2.05, 4.69) is 0 Å². The van der Waals surface area contributed by atoms with Crippen molar-refractivity contribution in [2.75, 3.05) is 14.2 Å². The van der Waals surface area contributed by atoms with Gasteiger partial charge in [0.05, 0.1) is 6.08 Å². The smallest absolute Gasteiger partial charge is 0.197 e. The summed E-state index contributed by atoms with van der Waals surface area (Å²) in [5.41, 5.74) is 0. The summed E-state index contributed by atoms with van der Waals surface area (Å²) in [7, 11) is 3.01. The van der Waals surface area contributed by atoms with Crippen LogP contribution >= 0.6 is 0 Å². The molecule has 0 aromatic heterocycles. The SMILES string of the molecule is CCCC(C=C=O)(OC)OC. The van der Waals surface area contributed by atoms with E-state index in [1.54, 1.807) is 5.94 Å². The molecule has 0 atom stereocenters. The van der Waals surface area contributed by atoms with Crippen molar-refractivity contribution in [3.8, 4) is 0 Å². The Hall–Kier alpha value is -0.630. The lowest BCUT2D eigenvalue weighted by Gasteiger charge is -2.25. The maximum atomic E-state index is 10.1. The summed E-state index contributed by atoms with van der Waals surface area (Å²) in [5, 5.41) is 0. The summed E-state index contributed by atoms with van der Waals surface area (Å²) < 4.78 is 10.1. The van der Waals surface area contributed by atoms with E-state index < -0.39 is 5.79 Å². The minimum absolute atomic E-state index is 0.662. The summed E-state index contributed by atoms with van der Waals surface area (Å²) in [6.07, 6.45) is 2.81. The molecule has 0 radical (unpaired) electrons. The van der Waals surface area contributed by atoms with E-state index in [0.717, 1.165) is 6.42 Å². The zero-order valence-corrected chi connectivity index (χ0v) is 7.22. The van der Waals surface area contributed by atoms with Crippen molar-refractivity contribution in [1.82, 2.24) is 0 Å². The number of hydrogen-bond acceptors (Lipinski definition) is 3. The Labute approximate surface area is 67.0 Å². The summed E-state index contributed by atoms with van der Waals surface area (Å²) >= 11 is 0. The first-order valence-corrected chi connectivity index (χ1v) is 3.57. The highest BCUT2D eigenvalue weighted by molar-refractivity contribution is 5.47. The first-order valence-electron chi connectivity index (χ1n) is 3.57. The Balaban J connectivity index is 4.31. The van der Waals surface area contributed by atoms with E-state index in [9.17, 15) is 4.79 Å². The fourth-order valence-corrected chi connectivity index (χ4v) is 0.916. The maximum absolute atomic E-state index is 10.1. The third-order valence-electron chi connectivity index (χ3n) is 1.57. The molecule has 64 valence electrons. The Morgan fingerprint density at radius 2 is 2.00 bits per heavy atom. The van der Waals surface area contributed by atoms with E-state index in [0.29, 0.717) is 6.42 Å². The van der Waals surface area contributed by atoms with Gasteiger partial charge < -0.3 is 9.47 Å². The molecular formula is C8H14O3. The summed E-state index contributed by atoms with van der Waals surface area (Å²) in [5.74, 6) is 0.806. The molecule has 3 nitrogen and oxygen atoms in total. The van der Waals surface area contributed by atoms with Crippen LogP contribution in [0, 0.1) is 0 Å². The Morgan fingerprint density at radius 3 is 2.27 bits per heavy atom. The largest absolute Gasteiger partial charge is 0.349 e. The van der Waals surface area contributed by atoms with Gasteiger partial charge in [0.1, 0.15) is 5.94 Å². The second kappa shape index (κ2) is 5.08. The van der Waals surface area contributed by atoms with Gasteiger partial charge in [0, 0.05) is 20.6 Å². The van der Waals surface area contributed by atoms with Crippen LogP contribution in [0.15, 0.2) is 6.08 Å². The van der Waals surface area contributed by atoms with Crippen molar-refractivity contribution in [1.29, 1.82) is 0 Å². The van der Waals surface area contributed by atoms with Crippen molar-refractivity contribution < 1.29 is 14.3 Å². The van der Waals surface area contributed by atoms with Gasteiger partial charge >= 0.3 is 0 Å². The molecule has 0 amide bonds. The zero-order valence-electron chi connectivity index (χ0n) is 7.22. The lowest BCUT2D eigenvalue weighted by Crippen LogP contribution is -2.31. The van der Waals surface area contributed by atoms with E-state index in [4.69, 9.17) is 9.47 Å². The molecule has 0 aliphatic carbocycles. The first kappa shape index (κ1) is 10.4. The van der Waals surface area contributed by atoms with Crippen LogP contribution < -0.4 is 0 Å². The van der Waals surface area contributed by atoms with Crippen LogP contribution in [0.5, 0.6) is 0 Å². The molecule has 3 heteroatoms. The summed E-state index contributed by atoms with van der Waals surface area (Å²) in [4.78, 5) is 10.1. The number of methoxy groups -OCH3 is 2. The van der Waals surface area contributed by atoms with Crippen LogP contribution in [-0.4, -0.2) is 25.9 Å². The second-order valence-electron chi connectivity index (χ2n) is 2.23. The summed E-state index contributed by atoms with van der Waals surface area (Å²) in [6.45, 7) is 1.99. The van der Waals surface area contributed by atoms with Crippen LogP contribution in [-0.2, 0) is 14.3 Å². The van der Waals surface area contributed by atoms with Gasteiger partial charge in [-0.05, 0) is 0 Å². The van der Waals surface area contributed by atoms with Crippen molar-refractivity contribution in [2.45, 2.75) is 25.6 Å². The minimum atomic E-state index is -0.865.